The van der Waals surface area contributed by atoms with Gasteiger partial charge in [-0.3, -0.25) is 4.79 Å². The highest BCUT2D eigenvalue weighted by molar-refractivity contribution is 5.98. The van der Waals surface area contributed by atoms with Gasteiger partial charge in [0.05, 0.1) is 5.56 Å². The van der Waals surface area contributed by atoms with Gasteiger partial charge >= 0.3 is 0 Å². The van der Waals surface area contributed by atoms with E-state index in [1.807, 2.05) is 14.1 Å². The number of rotatable bonds is 6. The SMILES string of the molecule is CN(C)C(=O)c1cc2c(nc1NCC1CC1)CCN(CC1CC1)CC2. The molecule has 1 aromatic rings. The Morgan fingerprint density at radius 1 is 1.20 bits per heavy atom. The van der Waals surface area contributed by atoms with E-state index in [0.717, 1.165) is 55.7 Å². The molecule has 0 spiro atoms. The number of carbonyl (C=O) groups excluding carboxylic acids is 1. The van der Waals surface area contributed by atoms with E-state index in [-0.39, 0.29) is 5.91 Å². The number of anilines is 1. The van der Waals surface area contributed by atoms with Crippen molar-refractivity contribution < 1.29 is 4.79 Å². The summed E-state index contributed by atoms with van der Waals surface area (Å²) < 4.78 is 0. The van der Waals surface area contributed by atoms with Gasteiger partial charge in [-0.1, -0.05) is 0 Å². The number of hydrogen-bond acceptors (Lipinski definition) is 4. The number of fused-ring (bicyclic) bond motifs is 1. The van der Waals surface area contributed by atoms with Crippen LogP contribution in [-0.4, -0.2) is 61.0 Å². The lowest BCUT2D eigenvalue weighted by Gasteiger charge is -2.18. The molecule has 0 aromatic carbocycles. The second kappa shape index (κ2) is 6.94. The fourth-order valence-corrected chi connectivity index (χ4v) is 3.63. The maximum Gasteiger partial charge on any atom is 0.257 e. The zero-order valence-corrected chi connectivity index (χ0v) is 15.6. The largest absolute Gasteiger partial charge is 0.369 e. The van der Waals surface area contributed by atoms with E-state index in [1.54, 1.807) is 4.90 Å². The van der Waals surface area contributed by atoms with Crippen molar-refractivity contribution >= 4 is 11.7 Å². The molecule has 1 aromatic heterocycles. The van der Waals surface area contributed by atoms with Crippen LogP contribution in [0, 0.1) is 11.8 Å². The molecule has 3 aliphatic rings. The fourth-order valence-electron chi connectivity index (χ4n) is 3.63. The van der Waals surface area contributed by atoms with Gasteiger partial charge in [-0.2, -0.15) is 0 Å². The number of pyridine rings is 1. The van der Waals surface area contributed by atoms with Crippen molar-refractivity contribution in [3.63, 3.8) is 0 Å². The summed E-state index contributed by atoms with van der Waals surface area (Å²) >= 11 is 0. The van der Waals surface area contributed by atoms with Crippen LogP contribution in [0.15, 0.2) is 6.07 Å². The highest BCUT2D eigenvalue weighted by Gasteiger charge is 2.27. The lowest BCUT2D eigenvalue weighted by Crippen LogP contribution is -2.28. The Hall–Kier alpha value is -1.62. The zero-order valence-electron chi connectivity index (χ0n) is 15.6. The first-order valence-electron chi connectivity index (χ1n) is 9.81. The minimum absolute atomic E-state index is 0.0488. The van der Waals surface area contributed by atoms with Crippen molar-refractivity contribution in [3.05, 3.63) is 22.9 Å². The summed E-state index contributed by atoms with van der Waals surface area (Å²) in [5, 5.41) is 3.46. The normalized spacial score (nSPS) is 20.7. The van der Waals surface area contributed by atoms with E-state index >= 15 is 0 Å². The summed E-state index contributed by atoms with van der Waals surface area (Å²) in [6.45, 7) is 4.37. The van der Waals surface area contributed by atoms with Crippen LogP contribution in [0.4, 0.5) is 5.82 Å². The van der Waals surface area contributed by atoms with Crippen molar-refractivity contribution in [3.8, 4) is 0 Å². The quantitative estimate of drug-likeness (QED) is 0.862. The minimum atomic E-state index is 0.0488. The molecule has 1 amide bonds. The molecule has 0 saturated heterocycles. The van der Waals surface area contributed by atoms with E-state index < -0.39 is 0 Å². The monoisotopic (exact) mass is 342 g/mol. The fraction of sp³-hybridized carbons (Fsp3) is 0.700. The molecule has 0 unspecified atom stereocenters. The molecule has 5 nitrogen and oxygen atoms in total. The van der Waals surface area contributed by atoms with Gasteiger partial charge < -0.3 is 15.1 Å². The second-order valence-corrected chi connectivity index (χ2v) is 8.26. The molecular weight excluding hydrogens is 312 g/mol. The van der Waals surface area contributed by atoms with Crippen LogP contribution in [0.2, 0.25) is 0 Å². The van der Waals surface area contributed by atoms with Crippen molar-refractivity contribution in [1.29, 1.82) is 0 Å². The number of carbonyl (C=O) groups is 1. The van der Waals surface area contributed by atoms with Crippen molar-refractivity contribution in [2.45, 2.75) is 38.5 Å². The number of hydrogen-bond donors (Lipinski definition) is 1. The molecule has 136 valence electrons. The Morgan fingerprint density at radius 3 is 2.60 bits per heavy atom. The number of amides is 1. The van der Waals surface area contributed by atoms with Crippen LogP contribution >= 0.6 is 0 Å². The predicted molar refractivity (Wildman–Crippen MR) is 100 cm³/mol. The molecular formula is C20H30N4O. The average molecular weight is 342 g/mol. The summed E-state index contributed by atoms with van der Waals surface area (Å²) in [5.41, 5.74) is 3.19. The van der Waals surface area contributed by atoms with Gasteiger partial charge in [-0.15, -0.1) is 0 Å². The number of nitrogens with one attached hydrogen (secondary N) is 1. The number of nitrogens with zero attached hydrogens (tertiary/aromatic N) is 3. The Bertz CT molecular complexity index is 649. The van der Waals surface area contributed by atoms with Crippen molar-refractivity contribution in [1.82, 2.24) is 14.8 Å². The van der Waals surface area contributed by atoms with Gasteiger partial charge in [-0.25, -0.2) is 4.98 Å². The first-order valence-corrected chi connectivity index (χ1v) is 9.81. The Kier molecular flexibility index (Phi) is 4.67. The van der Waals surface area contributed by atoms with E-state index in [9.17, 15) is 4.79 Å². The average Bonchev–Trinajstić information content (AvgIpc) is 3.47. The summed E-state index contributed by atoms with van der Waals surface area (Å²) in [6, 6.07) is 2.11. The topological polar surface area (TPSA) is 48.5 Å². The van der Waals surface area contributed by atoms with Crippen LogP contribution in [0.3, 0.4) is 0 Å². The van der Waals surface area contributed by atoms with Crippen LogP contribution in [0.25, 0.3) is 0 Å². The molecule has 2 aliphatic carbocycles. The molecule has 1 aliphatic heterocycles. The highest BCUT2D eigenvalue weighted by atomic mass is 16.2. The molecule has 0 bridgehead atoms. The lowest BCUT2D eigenvalue weighted by atomic mass is 10.0. The molecule has 2 heterocycles. The molecule has 1 N–H and O–H groups in total. The predicted octanol–water partition coefficient (Wildman–Crippen LogP) is 2.42. The van der Waals surface area contributed by atoms with Crippen LogP contribution in [0.5, 0.6) is 0 Å². The third kappa shape index (κ3) is 4.14. The van der Waals surface area contributed by atoms with Crippen LogP contribution in [-0.2, 0) is 12.8 Å². The molecule has 4 rings (SSSR count). The molecule has 5 heteroatoms. The van der Waals surface area contributed by atoms with E-state index in [1.165, 1.54) is 43.5 Å². The molecule has 0 atom stereocenters. The first kappa shape index (κ1) is 16.8. The maximum absolute atomic E-state index is 12.7. The summed E-state index contributed by atoms with van der Waals surface area (Å²) in [7, 11) is 3.63. The smallest absolute Gasteiger partial charge is 0.257 e. The zero-order chi connectivity index (χ0) is 17.4. The summed E-state index contributed by atoms with van der Waals surface area (Å²) in [6.07, 6.45) is 7.40. The van der Waals surface area contributed by atoms with Gasteiger partial charge in [0.1, 0.15) is 5.82 Å². The standard InChI is InChI=1S/C20H30N4O/c1-23(2)20(25)17-11-16-7-9-24(13-15-5-6-15)10-8-18(16)22-19(17)21-12-14-3-4-14/h11,14-15H,3-10,12-13H2,1-2H3,(H,21,22). The highest BCUT2D eigenvalue weighted by Crippen LogP contribution is 2.32. The van der Waals surface area contributed by atoms with Gasteiger partial charge in [0, 0.05) is 52.4 Å². The number of aromatic nitrogens is 1. The Morgan fingerprint density at radius 2 is 1.92 bits per heavy atom. The van der Waals surface area contributed by atoms with E-state index in [2.05, 4.69) is 16.3 Å². The molecule has 0 radical (unpaired) electrons. The van der Waals surface area contributed by atoms with Gasteiger partial charge in [0.15, 0.2) is 0 Å². The summed E-state index contributed by atoms with van der Waals surface area (Å²) in [5.74, 6) is 2.53. The summed E-state index contributed by atoms with van der Waals surface area (Å²) in [4.78, 5) is 21.8. The Labute approximate surface area is 150 Å². The van der Waals surface area contributed by atoms with Crippen LogP contribution < -0.4 is 5.32 Å². The third-order valence-corrected chi connectivity index (χ3v) is 5.66. The van der Waals surface area contributed by atoms with Gasteiger partial charge in [-0.05, 0) is 55.6 Å². The molecule has 2 saturated carbocycles. The van der Waals surface area contributed by atoms with Gasteiger partial charge in [0.25, 0.3) is 5.91 Å². The first-order chi connectivity index (χ1) is 12.1. The van der Waals surface area contributed by atoms with Crippen LogP contribution in [0.1, 0.15) is 47.3 Å². The van der Waals surface area contributed by atoms with Crippen molar-refractivity contribution in [2.24, 2.45) is 11.8 Å². The van der Waals surface area contributed by atoms with E-state index in [0.29, 0.717) is 0 Å². The second-order valence-electron chi connectivity index (χ2n) is 8.26. The third-order valence-electron chi connectivity index (χ3n) is 5.66. The maximum atomic E-state index is 12.7. The van der Waals surface area contributed by atoms with Gasteiger partial charge in [0.2, 0.25) is 0 Å². The molecule has 2 fully saturated rings. The van der Waals surface area contributed by atoms with Crippen molar-refractivity contribution in [2.75, 3.05) is 45.6 Å². The molecule has 25 heavy (non-hydrogen) atoms. The lowest BCUT2D eigenvalue weighted by molar-refractivity contribution is 0.0828. The minimum Gasteiger partial charge on any atom is -0.369 e. The van der Waals surface area contributed by atoms with E-state index in [4.69, 9.17) is 4.98 Å². The Balaban J connectivity index is 1.55.